The van der Waals surface area contributed by atoms with Crippen LogP contribution in [-0.4, -0.2) is 34.9 Å². The van der Waals surface area contributed by atoms with Gasteiger partial charge in [0.05, 0.1) is 16.8 Å². The van der Waals surface area contributed by atoms with Crippen LogP contribution in [0.25, 0.3) is 0 Å². The van der Waals surface area contributed by atoms with Gasteiger partial charge in [0.25, 0.3) is 0 Å². The molecule has 2 amide bonds. The summed E-state index contributed by atoms with van der Waals surface area (Å²) < 4.78 is 43.2. The van der Waals surface area contributed by atoms with E-state index in [1.165, 1.54) is 43.4 Å². The van der Waals surface area contributed by atoms with Gasteiger partial charge in [-0.15, -0.1) is 0 Å². The Morgan fingerprint density at radius 3 is 2.09 bits per heavy atom. The molecule has 2 aromatic carbocycles. The zero-order chi connectivity index (χ0) is 25.4. The van der Waals surface area contributed by atoms with Crippen molar-refractivity contribution in [2.45, 2.75) is 19.0 Å². The van der Waals surface area contributed by atoms with Crippen LogP contribution >= 0.6 is 0 Å². The lowest BCUT2D eigenvalue weighted by molar-refractivity contribution is -0.137. The minimum atomic E-state index is -4.51. The number of benzene rings is 2. The summed E-state index contributed by atoms with van der Waals surface area (Å²) in [5.41, 5.74) is 11.7. The van der Waals surface area contributed by atoms with Crippen LogP contribution in [0.5, 0.6) is 0 Å². The highest BCUT2D eigenvalue weighted by atomic mass is 19.4. The Labute approximate surface area is 199 Å². The topological polar surface area (TPSA) is 152 Å². The highest BCUT2D eigenvalue weighted by Crippen LogP contribution is 2.30. The molecule has 0 unspecified atom stereocenters. The van der Waals surface area contributed by atoms with E-state index in [1.807, 2.05) is 0 Å². The van der Waals surface area contributed by atoms with Crippen LogP contribution in [0.15, 0.2) is 54.9 Å². The van der Waals surface area contributed by atoms with E-state index in [-0.39, 0.29) is 28.6 Å². The molecule has 4 rings (SSSR count). The molecule has 0 atom stereocenters. The summed E-state index contributed by atoms with van der Waals surface area (Å²) in [6.07, 6.45) is -0.761. The van der Waals surface area contributed by atoms with E-state index in [0.717, 1.165) is 25.3 Å². The SMILES string of the molecule is C1CCOC1.N=C(c1ccc(NC(=O)Nc2cccc(C(F)(F)F)c2)cc1)c1c(N)ncnc1N. The van der Waals surface area contributed by atoms with Crippen LogP contribution < -0.4 is 22.1 Å². The standard InChI is InChI=1S/C19H16F3N7O.C4H8O/c20-19(21,22)11-2-1-3-13(8-11)29-18(30)28-12-6-4-10(5-7-12)15(23)14-16(24)26-9-27-17(14)25;1-2-4-5-3-1/h1-9,23H,(H2,28,29,30)(H4,24,25,26,27);1-4H2. The lowest BCUT2D eigenvalue weighted by Crippen LogP contribution is -2.20. The van der Waals surface area contributed by atoms with Gasteiger partial charge in [-0.25, -0.2) is 14.8 Å². The van der Waals surface area contributed by atoms with Gasteiger partial charge < -0.3 is 26.8 Å². The quantitative estimate of drug-likeness (QED) is 0.341. The maximum absolute atomic E-state index is 12.8. The number of halogens is 3. The number of alkyl halides is 3. The van der Waals surface area contributed by atoms with E-state index in [4.69, 9.17) is 21.6 Å². The molecular weight excluding hydrogens is 463 g/mol. The van der Waals surface area contributed by atoms with Crippen LogP contribution in [0.3, 0.4) is 0 Å². The van der Waals surface area contributed by atoms with Crippen molar-refractivity contribution < 1.29 is 22.7 Å². The molecule has 7 N–H and O–H groups in total. The molecule has 35 heavy (non-hydrogen) atoms. The fourth-order valence-corrected chi connectivity index (χ4v) is 3.11. The summed E-state index contributed by atoms with van der Waals surface area (Å²) in [6.45, 7) is 2.00. The number of rotatable bonds is 4. The Morgan fingerprint density at radius 1 is 0.943 bits per heavy atom. The number of nitrogens with one attached hydrogen (secondary N) is 3. The van der Waals surface area contributed by atoms with Crippen LogP contribution in [-0.2, 0) is 10.9 Å². The zero-order valence-corrected chi connectivity index (χ0v) is 18.5. The first-order valence-electron chi connectivity index (χ1n) is 10.5. The van der Waals surface area contributed by atoms with Crippen molar-refractivity contribution in [3.8, 4) is 0 Å². The lowest BCUT2D eigenvalue weighted by atomic mass is 10.0. The zero-order valence-electron chi connectivity index (χ0n) is 18.5. The minimum absolute atomic E-state index is 0.00393. The molecule has 1 fully saturated rings. The van der Waals surface area contributed by atoms with Gasteiger partial charge in [-0.1, -0.05) is 18.2 Å². The molecule has 1 aliphatic heterocycles. The van der Waals surface area contributed by atoms with Crippen LogP contribution in [0.1, 0.15) is 29.5 Å². The highest BCUT2D eigenvalue weighted by molar-refractivity contribution is 6.16. The summed E-state index contributed by atoms with van der Waals surface area (Å²) in [5, 5.41) is 13.1. The first kappa shape index (κ1) is 25.4. The van der Waals surface area contributed by atoms with Gasteiger partial charge >= 0.3 is 12.2 Å². The molecule has 0 radical (unpaired) electrons. The first-order chi connectivity index (χ1) is 16.6. The molecular formula is C23H24F3N7O2. The average Bonchev–Trinajstić information content (AvgIpc) is 3.39. The molecule has 1 saturated heterocycles. The van der Waals surface area contributed by atoms with Crippen LogP contribution in [0, 0.1) is 5.41 Å². The van der Waals surface area contributed by atoms with Crippen LogP contribution in [0.4, 0.5) is 41.0 Å². The number of nitrogens with zero attached hydrogens (tertiary/aromatic N) is 2. The molecule has 0 saturated carbocycles. The van der Waals surface area contributed by atoms with Crippen molar-refractivity contribution in [2.75, 3.05) is 35.3 Å². The van der Waals surface area contributed by atoms with Gasteiger partial charge in [0.1, 0.15) is 18.0 Å². The number of urea groups is 1. The second-order valence-electron chi connectivity index (χ2n) is 7.45. The fourth-order valence-electron chi connectivity index (χ4n) is 3.11. The third-order valence-corrected chi connectivity index (χ3v) is 4.86. The van der Waals surface area contributed by atoms with E-state index in [2.05, 4.69) is 20.6 Å². The number of nitrogen functional groups attached to an aromatic ring is 2. The molecule has 2 heterocycles. The van der Waals surface area contributed by atoms with Crippen molar-refractivity contribution in [1.29, 1.82) is 5.41 Å². The van der Waals surface area contributed by atoms with Crippen molar-refractivity contribution in [3.05, 3.63) is 71.5 Å². The summed E-state index contributed by atoms with van der Waals surface area (Å²) >= 11 is 0. The van der Waals surface area contributed by atoms with Crippen LogP contribution in [0.2, 0.25) is 0 Å². The predicted octanol–water partition coefficient (Wildman–Crippen LogP) is 4.52. The largest absolute Gasteiger partial charge is 0.416 e. The molecule has 12 heteroatoms. The van der Waals surface area contributed by atoms with Gasteiger partial charge in [0, 0.05) is 30.2 Å². The third-order valence-electron chi connectivity index (χ3n) is 4.86. The highest BCUT2D eigenvalue weighted by Gasteiger charge is 2.30. The number of hydrogen-bond acceptors (Lipinski definition) is 7. The lowest BCUT2D eigenvalue weighted by Gasteiger charge is -2.12. The van der Waals surface area contributed by atoms with Gasteiger partial charge in [-0.05, 0) is 43.2 Å². The molecule has 9 nitrogen and oxygen atoms in total. The molecule has 0 aliphatic carbocycles. The van der Waals surface area contributed by atoms with E-state index < -0.39 is 17.8 Å². The van der Waals surface area contributed by atoms with Gasteiger partial charge in [0.2, 0.25) is 0 Å². The van der Waals surface area contributed by atoms with Crippen molar-refractivity contribution in [2.24, 2.45) is 0 Å². The summed E-state index contributed by atoms with van der Waals surface area (Å²) in [5.74, 6) is 0.130. The number of nitrogens with two attached hydrogens (primary N) is 2. The minimum Gasteiger partial charge on any atom is -0.383 e. The Morgan fingerprint density at radius 2 is 1.54 bits per heavy atom. The fraction of sp³-hybridized carbons (Fsp3) is 0.217. The first-order valence-corrected chi connectivity index (χ1v) is 10.5. The van der Waals surface area contributed by atoms with E-state index in [9.17, 15) is 18.0 Å². The number of hydrogen-bond donors (Lipinski definition) is 5. The molecule has 3 aromatic rings. The van der Waals surface area contributed by atoms with E-state index >= 15 is 0 Å². The number of aromatic nitrogens is 2. The monoisotopic (exact) mass is 487 g/mol. The van der Waals surface area contributed by atoms with Crippen molar-refractivity contribution >= 4 is 34.8 Å². The van der Waals surface area contributed by atoms with Gasteiger partial charge in [-0.2, -0.15) is 13.2 Å². The molecule has 184 valence electrons. The maximum atomic E-state index is 12.8. The Bertz CT molecular complexity index is 1150. The molecule has 1 aromatic heterocycles. The van der Waals surface area contributed by atoms with Gasteiger partial charge in [0.15, 0.2) is 0 Å². The van der Waals surface area contributed by atoms with E-state index in [0.29, 0.717) is 11.3 Å². The summed E-state index contributed by atoms with van der Waals surface area (Å²) in [7, 11) is 0. The third kappa shape index (κ3) is 7.14. The molecule has 0 bridgehead atoms. The van der Waals surface area contributed by atoms with Gasteiger partial charge in [-0.3, -0.25) is 5.41 Å². The summed E-state index contributed by atoms with van der Waals surface area (Å²) in [4.78, 5) is 19.7. The number of anilines is 4. The second-order valence-corrected chi connectivity index (χ2v) is 7.45. The average molecular weight is 487 g/mol. The number of ether oxygens (including phenoxy) is 1. The number of carbonyl (C=O) groups excluding carboxylic acids is 1. The van der Waals surface area contributed by atoms with Crippen molar-refractivity contribution in [1.82, 2.24) is 9.97 Å². The number of amides is 2. The number of carbonyl (C=O) groups is 1. The Hall–Kier alpha value is -4.19. The second kappa shape index (κ2) is 11.3. The Balaban J connectivity index is 0.000000607. The molecule has 1 aliphatic rings. The van der Waals surface area contributed by atoms with E-state index in [1.54, 1.807) is 12.1 Å². The normalized spacial score (nSPS) is 12.9. The maximum Gasteiger partial charge on any atom is 0.416 e. The smallest absolute Gasteiger partial charge is 0.383 e. The predicted molar refractivity (Wildman–Crippen MR) is 127 cm³/mol. The van der Waals surface area contributed by atoms with Crippen molar-refractivity contribution in [3.63, 3.8) is 0 Å². The molecule has 0 spiro atoms. The Kier molecular flexibility index (Phi) is 8.21. The summed E-state index contributed by atoms with van der Waals surface area (Å²) in [6, 6.07) is 9.70.